The van der Waals surface area contributed by atoms with Crippen LogP contribution in [0.1, 0.15) is 25.5 Å². The fraction of sp³-hybridized carbons (Fsp3) is 0.308. The van der Waals surface area contributed by atoms with Crippen molar-refractivity contribution in [2.24, 2.45) is 0 Å². The number of amides is 1. The average molecular weight is 280 g/mol. The molecule has 0 saturated carbocycles. The number of carbonyl (C=O) groups is 2. The van der Waals surface area contributed by atoms with Crippen molar-refractivity contribution in [1.29, 1.82) is 0 Å². The van der Waals surface area contributed by atoms with E-state index < -0.39 is 5.97 Å². The Balaban J connectivity index is 2.41. The molecular weight excluding hydrogens is 264 g/mol. The number of aryl methyl sites for hydroxylation is 1. The number of aromatic nitrogens is 1. The molecule has 0 atom stereocenters. The van der Waals surface area contributed by atoms with E-state index in [1.807, 2.05) is 18.4 Å². The molecule has 1 heterocycles. The monoisotopic (exact) mass is 280 g/mol. The lowest BCUT2D eigenvalue weighted by Crippen LogP contribution is -2.07. The zero-order chi connectivity index (χ0) is 14.1. The van der Waals surface area contributed by atoms with Crippen LogP contribution in [0.2, 0.25) is 0 Å². The predicted molar refractivity (Wildman–Crippen MR) is 75.3 cm³/mol. The van der Waals surface area contributed by atoms with Crippen LogP contribution in [-0.4, -0.2) is 22.0 Å². The number of allylic oxidation sites excluding steroid dienone is 3. The molecule has 1 aromatic rings. The first-order valence-corrected chi connectivity index (χ1v) is 6.76. The van der Waals surface area contributed by atoms with Crippen LogP contribution in [0.15, 0.2) is 29.7 Å². The summed E-state index contributed by atoms with van der Waals surface area (Å²) in [4.78, 5) is 26.1. The molecule has 19 heavy (non-hydrogen) atoms. The lowest BCUT2D eigenvalue weighted by molar-refractivity contribution is -0.137. The topological polar surface area (TPSA) is 79.3 Å². The van der Waals surface area contributed by atoms with Gasteiger partial charge in [0.2, 0.25) is 5.91 Å². The zero-order valence-electron chi connectivity index (χ0n) is 10.6. The number of carboxylic acids is 1. The van der Waals surface area contributed by atoms with Crippen molar-refractivity contribution in [3.8, 4) is 0 Å². The number of nitrogens with zero attached hydrogens (tertiary/aromatic N) is 1. The first-order chi connectivity index (χ1) is 9.11. The number of carbonyl (C=O) groups excluding carboxylic acids is 1. The Labute approximate surface area is 115 Å². The third-order valence-corrected chi connectivity index (χ3v) is 2.96. The quantitative estimate of drug-likeness (QED) is 0.594. The van der Waals surface area contributed by atoms with Crippen LogP contribution in [0.5, 0.6) is 0 Å². The van der Waals surface area contributed by atoms with Gasteiger partial charge in [0.25, 0.3) is 0 Å². The molecule has 2 N–H and O–H groups in total. The summed E-state index contributed by atoms with van der Waals surface area (Å²) in [5, 5.41) is 13.5. The van der Waals surface area contributed by atoms with Crippen LogP contribution in [-0.2, 0) is 16.0 Å². The summed E-state index contributed by atoms with van der Waals surface area (Å²) in [6.07, 6.45) is 7.95. The predicted octanol–water partition coefficient (Wildman–Crippen LogP) is 2.62. The van der Waals surface area contributed by atoms with E-state index in [2.05, 4.69) is 10.3 Å². The summed E-state index contributed by atoms with van der Waals surface area (Å²) in [5.74, 6) is -1.04. The molecule has 0 aliphatic heterocycles. The highest BCUT2D eigenvalue weighted by atomic mass is 32.1. The van der Waals surface area contributed by atoms with Crippen LogP contribution in [0.3, 0.4) is 0 Å². The largest absolute Gasteiger partial charge is 0.481 e. The first-order valence-electron chi connectivity index (χ1n) is 5.88. The minimum Gasteiger partial charge on any atom is -0.481 e. The second-order valence-corrected chi connectivity index (χ2v) is 4.62. The van der Waals surface area contributed by atoms with Gasteiger partial charge in [0.05, 0.1) is 5.69 Å². The smallest absolute Gasteiger partial charge is 0.303 e. The van der Waals surface area contributed by atoms with Gasteiger partial charge < -0.3 is 5.11 Å². The molecule has 0 fully saturated rings. The molecule has 5 nitrogen and oxygen atoms in total. The van der Waals surface area contributed by atoms with Gasteiger partial charge >= 0.3 is 5.97 Å². The SMILES string of the molecule is CC=CC=CC(=O)Nc1nc(CCCC(=O)O)cs1. The van der Waals surface area contributed by atoms with Crippen molar-refractivity contribution in [3.63, 3.8) is 0 Å². The van der Waals surface area contributed by atoms with Gasteiger partial charge in [0.15, 0.2) is 5.13 Å². The molecule has 1 amide bonds. The Hall–Kier alpha value is -1.95. The summed E-state index contributed by atoms with van der Waals surface area (Å²) in [6.45, 7) is 1.87. The van der Waals surface area contributed by atoms with Crippen molar-refractivity contribution in [1.82, 2.24) is 4.98 Å². The number of rotatable bonds is 7. The molecule has 6 heteroatoms. The fourth-order valence-corrected chi connectivity index (χ4v) is 2.05. The van der Waals surface area contributed by atoms with E-state index in [1.165, 1.54) is 17.4 Å². The van der Waals surface area contributed by atoms with Crippen molar-refractivity contribution in [2.45, 2.75) is 26.2 Å². The van der Waals surface area contributed by atoms with Gasteiger partial charge in [-0.1, -0.05) is 18.2 Å². The summed E-state index contributed by atoms with van der Waals surface area (Å²) in [6, 6.07) is 0. The van der Waals surface area contributed by atoms with E-state index in [0.717, 1.165) is 5.69 Å². The number of carboxylic acid groups (broad SMARTS) is 1. The van der Waals surface area contributed by atoms with E-state index in [1.54, 1.807) is 12.2 Å². The Morgan fingerprint density at radius 2 is 2.26 bits per heavy atom. The molecule has 0 aromatic carbocycles. The highest BCUT2D eigenvalue weighted by Crippen LogP contribution is 2.16. The number of aliphatic carboxylic acids is 1. The summed E-state index contributed by atoms with van der Waals surface area (Å²) >= 11 is 1.33. The van der Waals surface area contributed by atoms with Gasteiger partial charge in [-0.15, -0.1) is 11.3 Å². The number of hydrogen-bond acceptors (Lipinski definition) is 4. The molecule has 0 aliphatic carbocycles. The van der Waals surface area contributed by atoms with Crippen LogP contribution < -0.4 is 5.32 Å². The van der Waals surface area contributed by atoms with E-state index in [0.29, 0.717) is 18.0 Å². The Bertz CT molecular complexity index is 492. The molecule has 0 spiro atoms. The molecule has 0 radical (unpaired) electrons. The lowest BCUT2D eigenvalue weighted by atomic mass is 10.2. The highest BCUT2D eigenvalue weighted by molar-refractivity contribution is 7.13. The minimum atomic E-state index is -0.808. The summed E-state index contributed by atoms with van der Waals surface area (Å²) in [5.41, 5.74) is 0.805. The second kappa shape index (κ2) is 8.20. The molecule has 0 saturated heterocycles. The fourth-order valence-electron chi connectivity index (χ4n) is 1.30. The van der Waals surface area contributed by atoms with Gasteiger partial charge in [0.1, 0.15) is 0 Å². The van der Waals surface area contributed by atoms with E-state index in [-0.39, 0.29) is 12.3 Å². The van der Waals surface area contributed by atoms with Crippen molar-refractivity contribution in [3.05, 3.63) is 35.4 Å². The molecule has 0 unspecified atom stereocenters. The third-order valence-electron chi connectivity index (χ3n) is 2.16. The highest BCUT2D eigenvalue weighted by Gasteiger charge is 2.05. The first kappa shape index (κ1) is 15.1. The van der Waals surface area contributed by atoms with Crippen molar-refractivity contribution >= 4 is 28.3 Å². The minimum absolute atomic E-state index is 0.130. The molecule has 1 aromatic heterocycles. The summed E-state index contributed by atoms with van der Waals surface area (Å²) < 4.78 is 0. The van der Waals surface area contributed by atoms with Gasteiger partial charge in [-0.05, 0) is 19.8 Å². The third kappa shape index (κ3) is 6.52. The van der Waals surface area contributed by atoms with E-state index in [9.17, 15) is 9.59 Å². The zero-order valence-corrected chi connectivity index (χ0v) is 11.4. The Morgan fingerprint density at radius 3 is 2.95 bits per heavy atom. The van der Waals surface area contributed by atoms with Gasteiger partial charge in [-0.25, -0.2) is 4.98 Å². The maximum atomic E-state index is 11.5. The standard InChI is InChI=1S/C13H16N2O3S/c1-2-3-4-7-11(16)15-13-14-10(9-19-13)6-5-8-12(17)18/h2-4,7,9H,5-6,8H2,1H3,(H,17,18)(H,14,15,16). The number of hydrogen-bond donors (Lipinski definition) is 2. The molecule has 1 rings (SSSR count). The number of anilines is 1. The van der Waals surface area contributed by atoms with Crippen LogP contribution in [0.4, 0.5) is 5.13 Å². The van der Waals surface area contributed by atoms with Gasteiger partial charge in [-0.2, -0.15) is 0 Å². The Morgan fingerprint density at radius 1 is 1.47 bits per heavy atom. The number of nitrogens with one attached hydrogen (secondary N) is 1. The Kier molecular flexibility index (Phi) is 6.52. The van der Waals surface area contributed by atoms with E-state index in [4.69, 9.17) is 5.11 Å². The lowest BCUT2D eigenvalue weighted by Gasteiger charge is -1.95. The molecular formula is C13H16N2O3S. The summed E-state index contributed by atoms with van der Waals surface area (Å²) in [7, 11) is 0. The van der Waals surface area contributed by atoms with Crippen LogP contribution >= 0.6 is 11.3 Å². The molecule has 0 bridgehead atoms. The second-order valence-electron chi connectivity index (χ2n) is 3.77. The van der Waals surface area contributed by atoms with Crippen LogP contribution in [0, 0.1) is 0 Å². The number of thiazole rings is 1. The van der Waals surface area contributed by atoms with Gasteiger partial charge in [0, 0.05) is 17.9 Å². The van der Waals surface area contributed by atoms with Gasteiger partial charge in [-0.3, -0.25) is 14.9 Å². The average Bonchev–Trinajstić information content (AvgIpc) is 2.76. The molecule has 102 valence electrons. The van der Waals surface area contributed by atoms with Crippen molar-refractivity contribution in [2.75, 3.05) is 5.32 Å². The molecule has 0 aliphatic rings. The van der Waals surface area contributed by atoms with Crippen molar-refractivity contribution < 1.29 is 14.7 Å². The maximum Gasteiger partial charge on any atom is 0.303 e. The normalized spacial score (nSPS) is 11.2. The van der Waals surface area contributed by atoms with E-state index >= 15 is 0 Å². The maximum absolute atomic E-state index is 11.5. The van der Waals surface area contributed by atoms with Crippen LogP contribution in [0.25, 0.3) is 0 Å².